The zero-order valence-corrected chi connectivity index (χ0v) is 14.0. The summed E-state index contributed by atoms with van der Waals surface area (Å²) in [6, 6.07) is 0. The van der Waals surface area contributed by atoms with E-state index in [9.17, 15) is 19.5 Å². The number of rotatable bonds is 4. The molecule has 0 saturated carbocycles. The van der Waals surface area contributed by atoms with Crippen LogP contribution in [0.5, 0.6) is 0 Å². The second kappa shape index (κ2) is 6.70. The van der Waals surface area contributed by atoms with Gasteiger partial charge in [-0.3, -0.25) is 14.2 Å². The van der Waals surface area contributed by atoms with Crippen LogP contribution in [0.2, 0.25) is 0 Å². The fourth-order valence-corrected chi connectivity index (χ4v) is 3.63. The van der Waals surface area contributed by atoms with E-state index in [1.165, 1.54) is 9.95 Å². The Kier molecular flexibility index (Phi) is 4.63. The normalized spacial score (nSPS) is 15.0. The highest BCUT2D eigenvalue weighted by Gasteiger charge is 2.22. The van der Waals surface area contributed by atoms with Crippen LogP contribution in [0.25, 0.3) is 10.2 Å². The van der Waals surface area contributed by atoms with Crippen molar-refractivity contribution >= 4 is 33.4 Å². The van der Waals surface area contributed by atoms with Gasteiger partial charge in [0.05, 0.1) is 24.2 Å². The van der Waals surface area contributed by atoms with Gasteiger partial charge in [0, 0.05) is 24.9 Å². The van der Waals surface area contributed by atoms with Crippen LogP contribution in [0, 0.1) is 0 Å². The van der Waals surface area contributed by atoms with Crippen molar-refractivity contribution < 1.29 is 19.4 Å². The number of carbonyl (C=O) groups excluding carboxylic acids is 1. The Bertz CT molecular complexity index is 851. The molecule has 8 nitrogen and oxygen atoms in total. The molecule has 1 N–H and O–H groups in total. The van der Waals surface area contributed by atoms with Crippen molar-refractivity contribution in [2.45, 2.75) is 19.9 Å². The molecule has 1 amide bonds. The van der Waals surface area contributed by atoms with E-state index >= 15 is 0 Å². The van der Waals surface area contributed by atoms with E-state index in [2.05, 4.69) is 4.98 Å². The maximum absolute atomic E-state index is 12.8. The molecular weight excluding hydrogens is 334 g/mol. The number of aryl methyl sites for hydroxylation is 1. The Morgan fingerprint density at radius 3 is 2.71 bits per heavy atom. The van der Waals surface area contributed by atoms with Gasteiger partial charge >= 0.3 is 5.97 Å². The minimum Gasteiger partial charge on any atom is -0.478 e. The third-order valence-corrected chi connectivity index (χ3v) is 4.85. The number of carboxylic acids is 1. The molecule has 0 spiro atoms. The first-order valence-electron chi connectivity index (χ1n) is 7.62. The zero-order valence-electron chi connectivity index (χ0n) is 13.2. The highest BCUT2D eigenvalue weighted by Crippen LogP contribution is 2.22. The van der Waals surface area contributed by atoms with E-state index in [1.807, 2.05) is 6.92 Å². The molecule has 1 aliphatic rings. The number of nitrogens with zero attached hydrogens (tertiary/aromatic N) is 3. The smallest absolute Gasteiger partial charge is 0.337 e. The lowest BCUT2D eigenvalue weighted by molar-refractivity contribution is -0.136. The van der Waals surface area contributed by atoms with Gasteiger partial charge in [0.1, 0.15) is 17.2 Å². The first-order chi connectivity index (χ1) is 11.5. The molecule has 24 heavy (non-hydrogen) atoms. The summed E-state index contributed by atoms with van der Waals surface area (Å²) in [5, 5.41) is 10.7. The lowest BCUT2D eigenvalue weighted by Crippen LogP contribution is -2.44. The third kappa shape index (κ3) is 2.92. The van der Waals surface area contributed by atoms with Gasteiger partial charge in [-0.05, 0) is 0 Å². The summed E-state index contributed by atoms with van der Waals surface area (Å²) in [6.07, 6.45) is 0.474. The lowest BCUT2D eigenvalue weighted by atomic mass is 10.2. The van der Waals surface area contributed by atoms with Crippen molar-refractivity contribution in [3.63, 3.8) is 0 Å². The molecule has 0 bridgehead atoms. The van der Waals surface area contributed by atoms with Crippen LogP contribution in [0.3, 0.4) is 0 Å². The van der Waals surface area contributed by atoms with E-state index in [-0.39, 0.29) is 23.4 Å². The van der Waals surface area contributed by atoms with Crippen molar-refractivity contribution in [3.8, 4) is 0 Å². The average Bonchev–Trinajstić information content (AvgIpc) is 3.02. The average molecular weight is 351 g/mol. The Morgan fingerprint density at radius 1 is 1.38 bits per heavy atom. The maximum Gasteiger partial charge on any atom is 0.337 e. The van der Waals surface area contributed by atoms with Crippen LogP contribution in [-0.2, 0) is 22.5 Å². The van der Waals surface area contributed by atoms with E-state index in [0.717, 1.165) is 11.3 Å². The monoisotopic (exact) mass is 351 g/mol. The molecule has 0 atom stereocenters. The van der Waals surface area contributed by atoms with Crippen LogP contribution in [-0.4, -0.2) is 57.7 Å². The lowest BCUT2D eigenvalue weighted by Gasteiger charge is -2.27. The van der Waals surface area contributed by atoms with Crippen LogP contribution in [0.4, 0.5) is 0 Å². The van der Waals surface area contributed by atoms with E-state index < -0.39 is 11.5 Å². The molecule has 9 heteroatoms. The van der Waals surface area contributed by atoms with Gasteiger partial charge in [0.15, 0.2) is 0 Å². The molecule has 0 unspecified atom stereocenters. The van der Waals surface area contributed by atoms with Gasteiger partial charge in [-0.1, -0.05) is 6.92 Å². The number of aromatic nitrogens is 2. The quantitative estimate of drug-likeness (QED) is 0.864. The van der Waals surface area contributed by atoms with Crippen molar-refractivity contribution in [2.24, 2.45) is 0 Å². The molecule has 0 aliphatic carbocycles. The number of hydrogen-bond donors (Lipinski definition) is 1. The van der Waals surface area contributed by atoms with Crippen LogP contribution in [0.1, 0.15) is 23.1 Å². The molecule has 1 saturated heterocycles. The van der Waals surface area contributed by atoms with Crippen LogP contribution < -0.4 is 5.56 Å². The van der Waals surface area contributed by atoms with Crippen LogP contribution >= 0.6 is 11.3 Å². The first kappa shape index (κ1) is 16.6. The predicted octanol–water partition coefficient (Wildman–Crippen LogP) is 0.577. The van der Waals surface area contributed by atoms with Crippen molar-refractivity contribution in [2.75, 3.05) is 26.3 Å². The molecule has 3 rings (SSSR count). The summed E-state index contributed by atoms with van der Waals surface area (Å²) in [5.74, 6) is -0.883. The molecule has 2 aromatic heterocycles. The van der Waals surface area contributed by atoms with Crippen LogP contribution in [0.15, 0.2) is 10.2 Å². The number of ether oxygens (including phenoxy) is 1. The minimum atomic E-state index is -1.17. The molecule has 2 aromatic rings. The van der Waals surface area contributed by atoms with Gasteiger partial charge in [-0.15, -0.1) is 11.3 Å². The number of aromatic carboxylic acids is 1. The van der Waals surface area contributed by atoms with Gasteiger partial charge in [-0.25, -0.2) is 9.78 Å². The summed E-state index contributed by atoms with van der Waals surface area (Å²) >= 11 is 1.12. The summed E-state index contributed by atoms with van der Waals surface area (Å²) in [4.78, 5) is 43.0. The Labute approximate surface area is 141 Å². The largest absolute Gasteiger partial charge is 0.478 e. The first-order valence-corrected chi connectivity index (χ1v) is 8.50. The third-order valence-electron chi connectivity index (χ3n) is 3.98. The minimum absolute atomic E-state index is 0.0669. The number of carbonyl (C=O) groups is 2. The Balaban J connectivity index is 2.03. The predicted molar refractivity (Wildman–Crippen MR) is 87.6 cm³/mol. The second-order valence-electron chi connectivity index (χ2n) is 5.40. The number of hydrogen-bond acceptors (Lipinski definition) is 6. The highest BCUT2D eigenvalue weighted by molar-refractivity contribution is 7.17. The number of amides is 1. The summed E-state index contributed by atoms with van der Waals surface area (Å²) in [7, 11) is 0. The van der Waals surface area contributed by atoms with Gasteiger partial charge in [0.25, 0.3) is 5.56 Å². The molecule has 1 fully saturated rings. The molecule has 128 valence electrons. The highest BCUT2D eigenvalue weighted by atomic mass is 32.1. The molecular formula is C15H17N3O5S. The van der Waals surface area contributed by atoms with Crippen molar-refractivity contribution in [1.29, 1.82) is 0 Å². The van der Waals surface area contributed by atoms with E-state index in [0.29, 0.717) is 43.4 Å². The summed E-state index contributed by atoms with van der Waals surface area (Å²) in [6.45, 7) is 3.64. The zero-order chi connectivity index (χ0) is 17.3. The van der Waals surface area contributed by atoms with Crippen molar-refractivity contribution in [1.82, 2.24) is 14.5 Å². The topological polar surface area (TPSA) is 102 Å². The number of fused-ring (bicyclic) bond motifs is 1. The number of morpholine rings is 1. The number of thiophene rings is 1. The summed E-state index contributed by atoms with van der Waals surface area (Å²) < 4.78 is 6.51. The fourth-order valence-electron chi connectivity index (χ4n) is 2.70. The number of carboxylic acid groups (broad SMARTS) is 1. The van der Waals surface area contributed by atoms with Gasteiger partial charge < -0.3 is 14.7 Å². The SMILES string of the molecule is CCc1nc2scc(C(=O)O)c2c(=O)n1CC(=O)N1CCOCC1. The Hall–Kier alpha value is -2.26. The maximum atomic E-state index is 12.8. The second-order valence-corrected chi connectivity index (χ2v) is 6.26. The summed E-state index contributed by atoms with van der Waals surface area (Å²) in [5.41, 5.74) is -0.542. The van der Waals surface area contributed by atoms with Gasteiger partial charge in [0.2, 0.25) is 5.91 Å². The molecule has 3 heterocycles. The molecule has 0 radical (unpaired) electrons. The standard InChI is InChI=1S/C15H17N3O5S/c1-2-10-16-13-12(9(8-24-13)15(21)22)14(20)18(10)7-11(19)17-3-5-23-6-4-17/h8H,2-7H2,1H3,(H,21,22). The Morgan fingerprint density at radius 2 is 2.08 bits per heavy atom. The van der Waals surface area contributed by atoms with Gasteiger partial charge in [-0.2, -0.15) is 0 Å². The molecule has 1 aliphatic heterocycles. The fraction of sp³-hybridized carbons (Fsp3) is 0.467. The molecule has 0 aromatic carbocycles. The van der Waals surface area contributed by atoms with E-state index in [1.54, 1.807) is 4.90 Å². The van der Waals surface area contributed by atoms with E-state index in [4.69, 9.17) is 4.74 Å². The van der Waals surface area contributed by atoms with Crippen molar-refractivity contribution in [3.05, 3.63) is 27.1 Å².